The molecule has 1 aliphatic rings. The van der Waals surface area contributed by atoms with Crippen LogP contribution in [-0.2, 0) is 6.42 Å². The summed E-state index contributed by atoms with van der Waals surface area (Å²) < 4.78 is 0. The third kappa shape index (κ3) is 3.22. The lowest BCUT2D eigenvalue weighted by Gasteiger charge is -2.22. The molecule has 0 amide bonds. The Kier molecular flexibility index (Phi) is 4.20. The minimum Gasteiger partial charge on any atom is -0.384 e. The van der Waals surface area contributed by atoms with Gasteiger partial charge in [-0.2, -0.15) is 0 Å². The van der Waals surface area contributed by atoms with Crippen molar-refractivity contribution in [1.29, 1.82) is 0 Å². The fourth-order valence-electron chi connectivity index (χ4n) is 2.43. The Morgan fingerprint density at radius 1 is 1.25 bits per heavy atom. The molecule has 2 heteroatoms. The number of hydrogen-bond acceptors (Lipinski definition) is 2. The Morgan fingerprint density at radius 2 is 2.06 bits per heavy atom. The number of aromatic nitrogens is 1. The molecule has 0 unspecified atom stereocenters. The maximum atomic E-state index is 4.26. The van der Waals surface area contributed by atoms with Crippen molar-refractivity contribution in [3.8, 4) is 0 Å². The Labute approximate surface area is 98.5 Å². The molecule has 0 bridgehead atoms. The first-order valence-corrected chi connectivity index (χ1v) is 6.56. The van der Waals surface area contributed by atoms with Crippen LogP contribution in [0, 0.1) is 5.92 Å². The number of aryl methyl sites for hydroxylation is 1. The largest absolute Gasteiger partial charge is 0.384 e. The van der Waals surface area contributed by atoms with E-state index >= 15 is 0 Å². The highest BCUT2D eigenvalue weighted by atomic mass is 14.9. The molecule has 1 heterocycles. The van der Waals surface area contributed by atoms with Crippen molar-refractivity contribution in [2.45, 2.75) is 45.4 Å². The zero-order valence-corrected chi connectivity index (χ0v) is 10.2. The molecular weight excluding hydrogens is 196 g/mol. The quantitative estimate of drug-likeness (QED) is 0.834. The van der Waals surface area contributed by atoms with Gasteiger partial charge in [0.05, 0.1) is 5.69 Å². The second-order valence-corrected chi connectivity index (χ2v) is 4.82. The van der Waals surface area contributed by atoms with Crippen LogP contribution in [0.1, 0.15) is 44.6 Å². The fraction of sp³-hybridized carbons (Fsp3) is 0.643. The number of nitrogens with one attached hydrogen (secondary N) is 1. The zero-order valence-electron chi connectivity index (χ0n) is 10.2. The molecule has 1 aliphatic carbocycles. The lowest BCUT2D eigenvalue weighted by Crippen LogP contribution is -2.17. The van der Waals surface area contributed by atoms with Crippen LogP contribution < -0.4 is 5.32 Å². The van der Waals surface area contributed by atoms with Gasteiger partial charge in [-0.05, 0) is 36.8 Å². The Morgan fingerprint density at radius 3 is 2.81 bits per heavy atom. The molecule has 1 aromatic heterocycles. The van der Waals surface area contributed by atoms with E-state index in [0.717, 1.165) is 18.9 Å². The monoisotopic (exact) mass is 218 g/mol. The van der Waals surface area contributed by atoms with E-state index in [4.69, 9.17) is 0 Å². The highest BCUT2D eigenvalue weighted by Gasteiger charge is 2.12. The van der Waals surface area contributed by atoms with Crippen LogP contribution in [0.5, 0.6) is 0 Å². The predicted molar refractivity (Wildman–Crippen MR) is 68.7 cm³/mol. The average molecular weight is 218 g/mol. The van der Waals surface area contributed by atoms with E-state index in [-0.39, 0.29) is 0 Å². The van der Waals surface area contributed by atoms with E-state index in [1.165, 1.54) is 43.4 Å². The second-order valence-electron chi connectivity index (χ2n) is 4.82. The van der Waals surface area contributed by atoms with Crippen LogP contribution in [0.4, 0.5) is 5.69 Å². The first kappa shape index (κ1) is 11.4. The molecule has 2 rings (SSSR count). The summed E-state index contributed by atoms with van der Waals surface area (Å²) in [5.41, 5.74) is 2.50. The third-order valence-corrected chi connectivity index (χ3v) is 3.52. The molecule has 0 atom stereocenters. The first-order chi connectivity index (χ1) is 7.88. The van der Waals surface area contributed by atoms with Crippen molar-refractivity contribution in [2.24, 2.45) is 5.92 Å². The lowest BCUT2D eigenvalue weighted by atomic mass is 9.89. The highest BCUT2D eigenvalue weighted by molar-refractivity contribution is 5.42. The molecule has 0 aliphatic heterocycles. The summed E-state index contributed by atoms with van der Waals surface area (Å²) in [5.74, 6) is 0.874. The maximum Gasteiger partial charge on any atom is 0.0529 e. The van der Waals surface area contributed by atoms with Gasteiger partial charge in [0.1, 0.15) is 0 Å². The first-order valence-electron chi connectivity index (χ1n) is 6.56. The topological polar surface area (TPSA) is 24.9 Å². The zero-order chi connectivity index (χ0) is 11.2. The van der Waals surface area contributed by atoms with E-state index in [1.807, 2.05) is 12.4 Å². The Balaban J connectivity index is 1.83. The van der Waals surface area contributed by atoms with Gasteiger partial charge < -0.3 is 5.32 Å². The summed E-state index contributed by atoms with van der Waals surface area (Å²) in [5, 5.41) is 3.53. The van der Waals surface area contributed by atoms with E-state index < -0.39 is 0 Å². The standard InChI is InChI=1S/C14H22N2/c1-2-12-8-14(11-15-9-12)16-10-13-6-4-3-5-7-13/h8-9,11,13,16H,2-7,10H2,1H3. The summed E-state index contributed by atoms with van der Waals surface area (Å²) in [7, 11) is 0. The Hall–Kier alpha value is -1.05. The number of nitrogens with zero attached hydrogens (tertiary/aromatic N) is 1. The summed E-state index contributed by atoms with van der Waals surface area (Å²) >= 11 is 0. The molecule has 1 saturated carbocycles. The van der Waals surface area contributed by atoms with Gasteiger partial charge in [0.25, 0.3) is 0 Å². The SMILES string of the molecule is CCc1cncc(NCC2CCCCC2)c1. The summed E-state index contributed by atoms with van der Waals surface area (Å²) in [6.45, 7) is 3.29. The molecule has 1 aromatic rings. The molecule has 0 aromatic carbocycles. The van der Waals surface area contributed by atoms with Crippen molar-refractivity contribution in [1.82, 2.24) is 4.98 Å². The van der Waals surface area contributed by atoms with Crippen LogP contribution >= 0.6 is 0 Å². The minimum absolute atomic E-state index is 0.874. The summed E-state index contributed by atoms with van der Waals surface area (Å²) in [6, 6.07) is 2.22. The number of anilines is 1. The smallest absolute Gasteiger partial charge is 0.0529 e. The fourth-order valence-corrected chi connectivity index (χ4v) is 2.43. The summed E-state index contributed by atoms with van der Waals surface area (Å²) in [4.78, 5) is 4.26. The van der Waals surface area contributed by atoms with E-state index in [0.29, 0.717) is 0 Å². The Bertz CT molecular complexity index is 316. The van der Waals surface area contributed by atoms with Crippen LogP contribution in [0.2, 0.25) is 0 Å². The lowest BCUT2D eigenvalue weighted by molar-refractivity contribution is 0.373. The van der Waals surface area contributed by atoms with E-state index in [9.17, 15) is 0 Å². The molecule has 88 valence electrons. The number of rotatable bonds is 4. The van der Waals surface area contributed by atoms with Crippen LogP contribution in [0.3, 0.4) is 0 Å². The highest BCUT2D eigenvalue weighted by Crippen LogP contribution is 2.23. The molecule has 1 N–H and O–H groups in total. The van der Waals surface area contributed by atoms with E-state index in [1.54, 1.807) is 0 Å². The second kappa shape index (κ2) is 5.88. The van der Waals surface area contributed by atoms with Crippen LogP contribution in [0.25, 0.3) is 0 Å². The maximum absolute atomic E-state index is 4.26. The number of pyridine rings is 1. The van der Waals surface area contributed by atoms with Gasteiger partial charge in [-0.3, -0.25) is 4.98 Å². The van der Waals surface area contributed by atoms with Crippen molar-refractivity contribution < 1.29 is 0 Å². The van der Waals surface area contributed by atoms with Gasteiger partial charge in [-0.25, -0.2) is 0 Å². The van der Waals surface area contributed by atoms with Gasteiger partial charge in [0.15, 0.2) is 0 Å². The van der Waals surface area contributed by atoms with Crippen LogP contribution in [0.15, 0.2) is 18.5 Å². The van der Waals surface area contributed by atoms with Crippen molar-refractivity contribution in [3.05, 3.63) is 24.0 Å². The average Bonchev–Trinajstić information content (AvgIpc) is 2.38. The van der Waals surface area contributed by atoms with Gasteiger partial charge in [-0.15, -0.1) is 0 Å². The van der Waals surface area contributed by atoms with Gasteiger partial charge >= 0.3 is 0 Å². The molecule has 2 nitrogen and oxygen atoms in total. The van der Waals surface area contributed by atoms with Crippen molar-refractivity contribution >= 4 is 5.69 Å². The molecule has 0 radical (unpaired) electrons. The molecule has 1 fully saturated rings. The van der Waals surface area contributed by atoms with Crippen molar-refractivity contribution in [3.63, 3.8) is 0 Å². The van der Waals surface area contributed by atoms with Gasteiger partial charge in [-0.1, -0.05) is 26.2 Å². The van der Waals surface area contributed by atoms with E-state index in [2.05, 4.69) is 23.3 Å². The molecular formula is C14H22N2. The molecule has 0 spiro atoms. The van der Waals surface area contributed by atoms with Gasteiger partial charge in [0.2, 0.25) is 0 Å². The van der Waals surface area contributed by atoms with Crippen molar-refractivity contribution in [2.75, 3.05) is 11.9 Å². The molecule has 0 saturated heterocycles. The normalized spacial score (nSPS) is 17.3. The minimum atomic E-state index is 0.874. The van der Waals surface area contributed by atoms with Crippen LogP contribution in [-0.4, -0.2) is 11.5 Å². The summed E-state index contributed by atoms with van der Waals surface area (Å²) in [6.07, 6.45) is 12.0. The number of hydrogen-bond donors (Lipinski definition) is 1. The predicted octanol–water partition coefficient (Wildman–Crippen LogP) is 3.64. The third-order valence-electron chi connectivity index (χ3n) is 3.52. The van der Waals surface area contributed by atoms with Gasteiger partial charge in [0, 0.05) is 18.9 Å². The molecule has 16 heavy (non-hydrogen) atoms.